The molecule has 3 aromatic rings. The first kappa shape index (κ1) is 14.8. The Morgan fingerprint density at radius 2 is 2.05 bits per heavy atom. The maximum atomic E-state index is 11.8. The summed E-state index contributed by atoms with van der Waals surface area (Å²) in [5, 5.41) is 15.3. The molecule has 1 N–H and O–H groups in total. The van der Waals surface area contributed by atoms with Crippen LogP contribution in [0.25, 0.3) is 5.65 Å². The lowest BCUT2D eigenvalue weighted by molar-refractivity contribution is 0.101. The summed E-state index contributed by atoms with van der Waals surface area (Å²) >= 11 is 11.9. The lowest BCUT2D eigenvalue weighted by Gasteiger charge is -2.11. The Morgan fingerprint density at radius 3 is 2.73 bits per heavy atom. The Kier molecular flexibility index (Phi) is 3.76. The van der Waals surface area contributed by atoms with Crippen LogP contribution in [0.2, 0.25) is 10.0 Å². The number of carbonyl (C=O) groups is 1. The fraction of sp³-hybridized carbons (Fsp3) is 0.133. The molecule has 0 amide bonds. The molecule has 0 fully saturated rings. The Bertz CT molecular complexity index is 890. The van der Waals surface area contributed by atoms with Gasteiger partial charge in [0.1, 0.15) is 5.69 Å². The van der Waals surface area contributed by atoms with Crippen molar-refractivity contribution < 1.29 is 9.90 Å². The summed E-state index contributed by atoms with van der Waals surface area (Å²) in [4.78, 5) is 16.1. The van der Waals surface area contributed by atoms with Crippen LogP contribution in [-0.4, -0.2) is 25.5 Å². The molecule has 1 aromatic carbocycles. The minimum absolute atomic E-state index is 0.105. The van der Waals surface area contributed by atoms with Gasteiger partial charge < -0.3 is 5.11 Å². The van der Waals surface area contributed by atoms with Gasteiger partial charge in [0.25, 0.3) is 0 Å². The lowest BCUT2D eigenvalue weighted by atomic mass is 10.0. The summed E-state index contributed by atoms with van der Waals surface area (Å²) in [7, 11) is 0. The highest BCUT2D eigenvalue weighted by atomic mass is 35.5. The number of rotatable bonds is 3. The van der Waals surface area contributed by atoms with E-state index in [0.29, 0.717) is 27.7 Å². The van der Waals surface area contributed by atoms with Crippen molar-refractivity contribution in [1.29, 1.82) is 0 Å². The van der Waals surface area contributed by atoms with Crippen LogP contribution in [-0.2, 0) is 6.42 Å². The number of ketones is 1. The van der Waals surface area contributed by atoms with Crippen molar-refractivity contribution in [3.63, 3.8) is 0 Å². The third kappa shape index (κ3) is 2.53. The molecule has 112 valence electrons. The largest absolute Gasteiger partial charge is 0.493 e. The molecule has 0 saturated heterocycles. The van der Waals surface area contributed by atoms with Crippen molar-refractivity contribution in [2.75, 3.05) is 0 Å². The Balaban J connectivity index is 2.15. The van der Waals surface area contributed by atoms with Crippen molar-refractivity contribution in [1.82, 2.24) is 14.6 Å². The zero-order valence-corrected chi connectivity index (χ0v) is 13.1. The van der Waals surface area contributed by atoms with Gasteiger partial charge in [0.2, 0.25) is 5.88 Å². The van der Waals surface area contributed by atoms with Crippen molar-refractivity contribution >= 4 is 34.6 Å². The second kappa shape index (κ2) is 5.59. The van der Waals surface area contributed by atoms with E-state index in [2.05, 4.69) is 10.1 Å². The third-order valence-corrected chi connectivity index (χ3v) is 4.04. The molecule has 0 aliphatic carbocycles. The number of fused-ring (bicyclic) bond motifs is 1. The van der Waals surface area contributed by atoms with Crippen molar-refractivity contribution in [2.45, 2.75) is 13.3 Å². The smallest absolute Gasteiger partial charge is 0.219 e. The summed E-state index contributed by atoms with van der Waals surface area (Å²) < 4.78 is 1.29. The second-order valence-electron chi connectivity index (χ2n) is 4.85. The van der Waals surface area contributed by atoms with E-state index in [-0.39, 0.29) is 17.4 Å². The van der Waals surface area contributed by atoms with Gasteiger partial charge in [0.15, 0.2) is 11.4 Å². The summed E-state index contributed by atoms with van der Waals surface area (Å²) in [6.45, 7) is 1.41. The quantitative estimate of drug-likeness (QED) is 0.743. The molecule has 0 aliphatic heterocycles. The second-order valence-corrected chi connectivity index (χ2v) is 5.66. The van der Waals surface area contributed by atoms with Gasteiger partial charge in [-0.15, -0.1) is 0 Å². The summed E-state index contributed by atoms with van der Waals surface area (Å²) in [5.41, 5.74) is 1.85. The number of hydrogen-bond donors (Lipinski definition) is 1. The summed E-state index contributed by atoms with van der Waals surface area (Å²) in [6, 6.07) is 6.77. The van der Waals surface area contributed by atoms with Crippen LogP contribution < -0.4 is 0 Å². The predicted octanol–water partition coefficient (Wildman–Crippen LogP) is 3.54. The van der Waals surface area contributed by atoms with Crippen LogP contribution in [0.4, 0.5) is 0 Å². The molecule has 0 atom stereocenters. The molecular formula is C15H11Cl2N3O2. The molecule has 5 nitrogen and oxygen atoms in total. The fourth-order valence-corrected chi connectivity index (χ4v) is 2.59. The number of halogens is 2. The fourth-order valence-electron chi connectivity index (χ4n) is 2.27. The van der Waals surface area contributed by atoms with Crippen LogP contribution in [0.3, 0.4) is 0 Å². The van der Waals surface area contributed by atoms with E-state index in [1.807, 2.05) is 0 Å². The Morgan fingerprint density at radius 1 is 1.27 bits per heavy atom. The molecule has 2 heterocycles. The number of Topliss-reactive ketones (excluding diaryl/α,β-unsaturated/α-hetero) is 1. The minimum atomic E-state index is -0.228. The van der Waals surface area contributed by atoms with Crippen molar-refractivity contribution in [3.05, 3.63) is 57.3 Å². The van der Waals surface area contributed by atoms with Crippen molar-refractivity contribution in [3.8, 4) is 5.88 Å². The number of carbonyl (C=O) groups excluding carboxylic acids is 1. The molecule has 3 rings (SSSR count). The first-order valence-electron chi connectivity index (χ1n) is 6.48. The van der Waals surface area contributed by atoms with E-state index in [4.69, 9.17) is 23.2 Å². The molecule has 7 heteroatoms. The monoisotopic (exact) mass is 335 g/mol. The maximum Gasteiger partial charge on any atom is 0.219 e. The topological polar surface area (TPSA) is 67.5 Å². The van der Waals surface area contributed by atoms with E-state index in [1.54, 1.807) is 24.3 Å². The predicted molar refractivity (Wildman–Crippen MR) is 83.9 cm³/mol. The van der Waals surface area contributed by atoms with Crippen LogP contribution in [0, 0.1) is 0 Å². The molecule has 0 aliphatic rings. The molecule has 0 radical (unpaired) electrons. The number of benzene rings is 1. The van der Waals surface area contributed by atoms with Gasteiger partial charge in [-0.3, -0.25) is 4.79 Å². The Hall–Kier alpha value is -2.11. The van der Waals surface area contributed by atoms with Crippen LogP contribution in [0.15, 0.2) is 30.5 Å². The number of aromatic hydroxyl groups is 1. The van der Waals surface area contributed by atoms with Gasteiger partial charge in [-0.25, -0.2) is 4.98 Å². The molecule has 0 bridgehead atoms. The van der Waals surface area contributed by atoms with Gasteiger partial charge in [-0.05, 0) is 17.7 Å². The van der Waals surface area contributed by atoms with E-state index in [1.165, 1.54) is 17.6 Å². The molecule has 0 unspecified atom stereocenters. The average Bonchev–Trinajstić information content (AvgIpc) is 2.94. The molecule has 22 heavy (non-hydrogen) atoms. The van der Waals surface area contributed by atoms with Gasteiger partial charge >= 0.3 is 0 Å². The summed E-state index contributed by atoms with van der Waals surface area (Å²) in [5.74, 6) is -0.333. The lowest BCUT2D eigenvalue weighted by Crippen LogP contribution is -2.08. The van der Waals surface area contributed by atoms with E-state index in [0.717, 1.165) is 5.56 Å². The van der Waals surface area contributed by atoms with Crippen LogP contribution >= 0.6 is 23.2 Å². The molecular weight excluding hydrogens is 325 g/mol. The molecule has 0 saturated carbocycles. The molecule has 2 aromatic heterocycles. The van der Waals surface area contributed by atoms with E-state index < -0.39 is 0 Å². The van der Waals surface area contributed by atoms with Crippen LogP contribution in [0.5, 0.6) is 5.88 Å². The standard InChI is InChI=1S/C15H11Cl2N3O2/c1-8(21)14-10(6-9-2-3-11(16)12(17)7-9)15(22)20-13(19-14)4-5-18-20/h2-5,7,22H,6H2,1H3. The average molecular weight is 336 g/mol. The zero-order chi connectivity index (χ0) is 15.9. The highest BCUT2D eigenvalue weighted by molar-refractivity contribution is 6.42. The first-order chi connectivity index (χ1) is 10.5. The zero-order valence-electron chi connectivity index (χ0n) is 11.5. The van der Waals surface area contributed by atoms with E-state index in [9.17, 15) is 9.90 Å². The maximum absolute atomic E-state index is 11.8. The summed E-state index contributed by atoms with van der Waals surface area (Å²) in [6.07, 6.45) is 1.80. The highest BCUT2D eigenvalue weighted by Gasteiger charge is 2.19. The van der Waals surface area contributed by atoms with Gasteiger partial charge in [0, 0.05) is 25.0 Å². The van der Waals surface area contributed by atoms with Crippen molar-refractivity contribution in [2.24, 2.45) is 0 Å². The van der Waals surface area contributed by atoms with Crippen LogP contribution in [0.1, 0.15) is 28.5 Å². The third-order valence-electron chi connectivity index (χ3n) is 3.30. The normalized spacial score (nSPS) is 11.0. The molecule has 0 spiro atoms. The van der Waals surface area contributed by atoms with Gasteiger partial charge in [-0.2, -0.15) is 9.61 Å². The SMILES string of the molecule is CC(=O)c1nc2ccnn2c(O)c1Cc1ccc(Cl)c(Cl)c1. The number of nitrogens with zero attached hydrogens (tertiary/aromatic N) is 3. The highest BCUT2D eigenvalue weighted by Crippen LogP contribution is 2.28. The minimum Gasteiger partial charge on any atom is -0.493 e. The first-order valence-corrected chi connectivity index (χ1v) is 7.23. The van der Waals surface area contributed by atoms with Gasteiger partial charge in [-0.1, -0.05) is 29.3 Å². The van der Waals surface area contributed by atoms with Gasteiger partial charge in [0.05, 0.1) is 16.2 Å². The number of aromatic nitrogens is 3. The van der Waals surface area contributed by atoms with E-state index >= 15 is 0 Å². The Labute approximate surface area is 136 Å². The number of hydrogen-bond acceptors (Lipinski definition) is 4.